The van der Waals surface area contributed by atoms with Crippen LogP contribution in [0.2, 0.25) is 0 Å². The molecule has 6 nitrogen and oxygen atoms in total. The predicted octanol–water partition coefficient (Wildman–Crippen LogP) is 3.59. The summed E-state index contributed by atoms with van der Waals surface area (Å²) in [6.45, 7) is 1.92. The molecular weight excluding hydrogens is 316 g/mol. The van der Waals surface area contributed by atoms with Crippen molar-refractivity contribution < 1.29 is 9.63 Å². The molecular formula is C19H20N4O2. The molecule has 25 heavy (non-hydrogen) atoms. The van der Waals surface area contributed by atoms with E-state index in [1.165, 1.54) is 4.85 Å². The lowest BCUT2D eigenvalue weighted by atomic mass is 10.1. The van der Waals surface area contributed by atoms with E-state index >= 15 is 0 Å². The molecule has 0 aliphatic heterocycles. The summed E-state index contributed by atoms with van der Waals surface area (Å²) in [7, 11) is 3.97. The lowest BCUT2D eigenvalue weighted by Crippen LogP contribution is -2.26. The topological polar surface area (TPSA) is 59.4 Å². The molecule has 1 heterocycles. The zero-order valence-electron chi connectivity index (χ0n) is 14.4. The highest BCUT2D eigenvalue weighted by Crippen LogP contribution is 2.22. The van der Waals surface area contributed by atoms with Gasteiger partial charge in [-0.15, -0.1) is 5.10 Å². The number of nitrogens with one attached hydrogen (secondary N) is 1. The van der Waals surface area contributed by atoms with Crippen molar-refractivity contribution in [1.29, 1.82) is 0 Å². The lowest BCUT2D eigenvalue weighted by molar-refractivity contribution is 0.132. The monoisotopic (exact) mass is 336 g/mol. The Morgan fingerprint density at radius 2 is 1.80 bits per heavy atom. The molecule has 0 bridgehead atoms. The Bertz CT molecular complexity index is 869. The van der Waals surface area contributed by atoms with E-state index < -0.39 is 6.09 Å². The van der Waals surface area contributed by atoms with Crippen molar-refractivity contribution in [2.24, 2.45) is 0 Å². The third kappa shape index (κ3) is 3.80. The highest BCUT2D eigenvalue weighted by molar-refractivity contribution is 5.86. The average molecular weight is 336 g/mol. The maximum Gasteiger partial charge on any atom is 0.437 e. The van der Waals surface area contributed by atoms with E-state index in [0.717, 1.165) is 16.8 Å². The van der Waals surface area contributed by atoms with Gasteiger partial charge in [0.25, 0.3) is 0 Å². The SMILES string of the molecule is Cc1ccccc1NC(=O)On1nccc1-c1ccc(N(C)C)cc1. The van der Waals surface area contributed by atoms with Crippen molar-refractivity contribution in [3.05, 3.63) is 66.4 Å². The smallest absolute Gasteiger partial charge is 0.378 e. The number of carbonyl (C=O) groups excluding carboxylic acids is 1. The van der Waals surface area contributed by atoms with Crippen LogP contribution in [0.15, 0.2) is 60.8 Å². The van der Waals surface area contributed by atoms with E-state index in [9.17, 15) is 4.79 Å². The molecule has 0 fully saturated rings. The van der Waals surface area contributed by atoms with Crippen molar-refractivity contribution >= 4 is 17.5 Å². The van der Waals surface area contributed by atoms with Crippen LogP contribution in [0.5, 0.6) is 0 Å². The van der Waals surface area contributed by atoms with Gasteiger partial charge in [0.05, 0.1) is 6.20 Å². The van der Waals surface area contributed by atoms with Gasteiger partial charge in [-0.2, -0.15) is 0 Å². The standard InChI is InChI=1S/C19H20N4O2/c1-14-6-4-5-7-17(14)21-19(24)25-23-18(12-13-20-23)15-8-10-16(11-9-15)22(2)3/h4-13H,1-3H3,(H,21,24). The Kier molecular flexibility index (Phi) is 4.70. The number of benzene rings is 2. The third-order valence-corrected chi connectivity index (χ3v) is 3.84. The number of aromatic nitrogens is 2. The van der Waals surface area contributed by atoms with Gasteiger partial charge in [0.15, 0.2) is 0 Å². The van der Waals surface area contributed by atoms with Gasteiger partial charge in [0.2, 0.25) is 0 Å². The van der Waals surface area contributed by atoms with Gasteiger partial charge in [-0.25, -0.2) is 4.79 Å². The fraction of sp³-hybridized carbons (Fsp3) is 0.158. The molecule has 0 unspecified atom stereocenters. The molecule has 6 heteroatoms. The second kappa shape index (κ2) is 7.09. The average Bonchev–Trinajstić information content (AvgIpc) is 3.05. The third-order valence-electron chi connectivity index (χ3n) is 3.84. The molecule has 1 N–H and O–H groups in total. The normalized spacial score (nSPS) is 10.4. The van der Waals surface area contributed by atoms with Crippen LogP contribution in [0.4, 0.5) is 16.2 Å². The summed E-state index contributed by atoms with van der Waals surface area (Å²) in [5.74, 6) is 0. The van der Waals surface area contributed by atoms with Crippen LogP contribution in [0.1, 0.15) is 5.56 Å². The minimum atomic E-state index is -0.593. The molecule has 0 aliphatic rings. The van der Waals surface area contributed by atoms with E-state index in [1.54, 1.807) is 12.3 Å². The minimum Gasteiger partial charge on any atom is -0.378 e. The quantitative estimate of drug-likeness (QED) is 0.791. The van der Waals surface area contributed by atoms with Crippen LogP contribution >= 0.6 is 0 Å². The molecule has 3 rings (SSSR count). The van der Waals surface area contributed by atoms with Crippen molar-refractivity contribution in [2.45, 2.75) is 6.92 Å². The predicted molar refractivity (Wildman–Crippen MR) is 98.8 cm³/mol. The second-order valence-corrected chi connectivity index (χ2v) is 5.85. The largest absolute Gasteiger partial charge is 0.437 e. The number of carbonyl (C=O) groups is 1. The molecule has 0 radical (unpaired) electrons. The maximum absolute atomic E-state index is 12.2. The Balaban J connectivity index is 1.75. The van der Waals surface area contributed by atoms with Gasteiger partial charge in [-0.1, -0.05) is 35.2 Å². The number of hydrogen-bond acceptors (Lipinski definition) is 4. The summed E-state index contributed by atoms with van der Waals surface area (Å²) in [6, 6.07) is 17.2. The van der Waals surface area contributed by atoms with Crippen LogP contribution in [-0.2, 0) is 0 Å². The zero-order valence-corrected chi connectivity index (χ0v) is 14.4. The fourth-order valence-electron chi connectivity index (χ4n) is 2.42. The first-order valence-electron chi connectivity index (χ1n) is 7.91. The van der Waals surface area contributed by atoms with E-state index in [0.29, 0.717) is 11.4 Å². The number of nitrogens with zero attached hydrogens (tertiary/aromatic N) is 3. The zero-order chi connectivity index (χ0) is 17.8. The van der Waals surface area contributed by atoms with E-state index in [-0.39, 0.29) is 0 Å². The fourth-order valence-corrected chi connectivity index (χ4v) is 2.42. The maximum atomic E-state index is 12.2. The highest BCUT2D eigenvalue weighted by atomic mass is 16.7. The summed E-state index contributed by atoms with van der Waals surface area (Å²) in [5, 5.41) is 6.80. The van der Waals surface area contributed by atoms with Crippen LogP contribution in [-0.4, -0.2) is 30.1 Å². The van der Waals surface area contributed by atoms with Crippen molar-refractivity contribution in [1.82, 2.24) is 9.94 Å². The van der Waals surface area contributed by atoms with Gasteiger partial charge in [-0.3, -0.25) is 10.2 Å². The van der Waals surface area contributed by atoms with Crippen LogP contribution < -0.4 is 15.1 Å². The first kappa shape index (κ1) is 16.6. The van der Waals surface area contributed by atoms with E-state index in [4.69, 9.17) is 4.84 Å². The van der Waals surface area contributed by atoms with Crippen molar-refractivity contribution in [3.8, 4) is 11.3 Å². The number of amides is 1. The minimum absolute atomic E-state index is 0.593. The molecule has 3 aromatic rings. The number of para-hydroxylation sites is 1. The van der Waals surface area contributed by atoms with Crippen molar-refractivity contribution in [3.63, 3.8) is 0 Å². The Morgan fingerprint density at radius 1 is 1.08 bits per heavy atom. The second-order valence-electron chi connectivity index (χ2n) is 5.85. The molecule has 0 atom stereocenters. The molecule has 0 aliphatic carbocycles. The Hall–Kier alpha value is -3.28. The molecule has 0 saturated carbocycles. The summed E-state index contributed by atoms with van der Waals surface area (Å²) in [4.78, 5) is 20.7. The van der Waals surface area contributed by atoms with Gasteiger partial charge >= 0.3 is 6.09 Å². The first-order chi connectivity index (χ1) is 12.0. The summed E-state index contributed by atoms with van der Waals surface area (Å²) in [5.41, 5.74) is 4.36. The number of rotatable bonds is 4. The molecule has 128 valence electrons. The first-order valence-corrected chi connectivity index (χ1v) is 7.91. The molecule has 0 saturated heterocycles. The molecule has 1 aromatic heterocycles. The lowest BCUT2D eigenvalue weighted by Gasteiger charge is -2.13. The molecule has 2 aromatic carbocycles. The highest BCUT2D eigenvalue weighted by Gasteiger charge is 2.12. The van der Waals surface area contributed by atoms with E-state index in [1.807, 2.05) is 74.4 Å². The van der Waals surface area contributed by atoms with Gasteiger partial charge in [0.1, 0.15) is 5.69 Å². The van der Waals surface area contributed by atoms with Gasteiger partial charge in [0, 0.05) is 31.0 Å². The molecule has 1 amide bonds. The van der Waals surface area contributed by atoms with Gasteiger partial charge < -0.3 is 4.90 Å². The molecule has 0 spiro atoms. The van der Waals surface area contributed by atoms with Crippen LogP contribution in [0, 0.1) is 6.92 Å². The number of hydrogen-bond donors (Lipinski definition) is 1. The Labute approximate surface area is 146 Å². The van der Waals surface area contributed by atoms with E-state index in [2.05, 4.69) is 10.4 Å². The summed E-state index contributed by atoms with van der Waals surface area (Å²) >= 11 is 0. The number of aryl methyl sites for hydroxylation is 1. The van der Waals surface area contributed by atoms with Crippen LogP contribution in [0.3, 0.4) is 0 Å². The number of anilines is 2. The Morgan fingerprint density at radius 3 is 2.48 bits per heavy atom. The van der Waals surface area contributed by atoms with Crippen molar-refractivity contribution in [2.75, 3.05) is 24.3 Å². The summed E-state index contributed by atoms with van der Waals surface area (Å²) < 4.78 is 0. The summed E-state index contributed by atoms with van der Waals surface area (Å²) in [6.07, 6.45) is 1.00. The van der Waals surface area contributed by atoms with Crippen LogP contribution in [0.25, 0.3) is 11.3 Å². The van der Waals surface area contributed by atoms with Gasteiger partial charge in [-0.05, 0) is 36.8 Å².